The summed E-state index contributed by atoms with van der Waals surface area (Å²) in [6, 6.07) is 1.45. The van der Waals surface area contributed by atoms with Crippen molar-refractivity contribution in [2.75, 3.05) is 6.26 Å². The predicted octanol–water partition coefficient (Wildman–Crippen LogP) is 2.22. The number of nitriles is 1. The van der Waals surface area contributed by atoms with Crippen molar-refractivity contribution in [3.05, 3.63) is 29.6 Å². The minimum atomic E-state index is -4.50. The van der Waals surface area contributed by atoms with Crippen LogP contribution in [0.5, 0.6) is 0 Å². The number of alkyl halides is 3. The normalized spacial score (nSPS) is 15.7. The molecule has 4 nitrogen and oxygen atoms in total. The Morgan fingerprint density at radius 1 is 1.50 bits per heavy atom. The van der Waals surface area contributed by atoms with E-state index < -0.39 is 28.9 Å². The summed E-state index contributed by atoms with van der Waals surface area (Å²) in [7, 11) is -1.53. The number of hydrogen-bond donors (Lipinski definition) is 0. The lowest BCUT2D eigenvalue weighted by Gasteiger charge is -2.14. The molecule has 0 radical (unpaired) electrons. The monoisotopic (exact) mass is 277 g/mol. The van der Waals surface area contributed by atoms with Gasteiger partial charge in [0.2, 0.25) is 0 Å². The maximum atomic E-state index is 12.3. The Morgan fingerprint density at radius 3 is 2.44 bits per heavy atom. The van der Waals surface area contributed by atoms with Crippen LogP contribution in [0.1, 0.15) is 24.2 Å². The summed E-state index contributed by atoms with van der Waals surface area (Å²) in [5.74, 6) is 0. The molecule has 0 N–H and O–H groups in total. The van der Waals surface area contributed by atoms with Crippen molar-refractivity contribution in [2.24, 2.45) is 0 Å². The molecule has 1 aromatic rings. The molecule has 1 heterocycles. The van der Waals surface area contributed by atoms with Gasteiger partial charge in [-0.15, -0.1) is 11.0 Å². The highest BCUT2D eigenvalue weighted by Crippen LogP contribution is 2.28. The van der Waals surface area contributed by atoms with E-state index in [0.29, 0.717) is 5.56 Å². The third-order valence-electron chi connectivity index (χ3n) is 2.29. The Balaban J connectivity index is 3.08. The Labute approximate surface area is 105 Å². The molecule has 18 heavy (non-hydrogen) atoms. The summed E-state index contributed by atoms with van der Waals surface area (Å²) >= 11 is 0. The molecule has 0 aliphatic carbocycles. The second-order valence-corrected chi connectivity index (χ2v) is 4.74. The molecule has 2 atom stereocenters. The first-order chi connectivity index (χ1) is 8.27. The van der Waals surface area contributed by atoms with Crippen LogP contribution in [0.2, 0.25) is 0 Å². The molecule has 0 fully saturated rings. The standard InChI is InChI=1S/C10H10F3N3OS/c1-7(16(6-14)18(2)17)8-3-4-9(15-5-8)10(11,12)13/h3-5,7H,1-2H3/t7-,18?/m1/s1. The van der Waals surface area contributed by atoms with Crippen LogP contribution in [0.15, 0.2) is 18.3 Å². The van der Waals surface area contributed by atoms with E-state index in [4.69, 9.17) is 5.26 Å². The number of pyridine rings is 1. The molecule has 1 rings (SSSR count). The topological polar surface area (TPSA) is 62.8 Å². The number of halogens is 3. The molecule has 0 bridgehead atoms. The molecule has 0 saturated heterocycles. The second-order valence-electron chi connectivity index (χ2n) is 3.50. The van der Waals surface area contributed by atoms with Crippen LogP contribution in [-0.2, 0) is 17.1 Å². The van der Waals surface area contributed by atoms with Crippen molar-refractivity contribution in [3.8, 4) is 6.19 Å². The van der Waals surface area contributed by atoms with Crippen LogP contribution in [0.25, 0.3) is 0 Å². The molecule has 98 valence electrons. The summed E-state index contributed by atoms with van der Waals surface area (Å²) in [5.41, 5.74) is -0.612. The number of hydrogen-bond acceptors (Lipinski definition) is 3. The lowest BCUT2D eigenvalue weighted by Crippen LogP contribution is -2.16. The van der Waals surface area contributed by atoms with Crippen molar-refractivity contribution >= 4 is 11.0 Å². The third kappa shape index (κ3) is 3.27. The highest BCUT2D eigenvalue weighted by Gasteiger charge is 2.32. The van der Waals surface area contributed by atoms with E-state index in [-0.39, 0.29) is 0 Å². The van der Waals surface area contributed by atoms with Crippen molar-refractivity contribution in [1.29, 1.82) is 5.26 Å². The van der Waals surface area contributed by atoms with Gasteiger partial charge in [0, 0.05) is 11.8 Å². The first-order valence-corrected chi connectivity index (χ1v) is 6.34. The Hall–Kier alpha value is -1.46. The largest absolute Gasteiger partial charge is 0.772 e. The maximum Gasteiger partial charge on any atom is 0.465 e. The molecule has 8 heteroatoms. The van der Waals surface area contributed by atoms with Crippen LogP contribution < -0.4 is 0 Å². The number of nitrogens with zero attached hydrogens (tertiary/aromatic N) is 3. The molecular formula is C10H10F3N3OS. The first-order valence-electron chi connectivity index (χ1n) is 4.83. The van der Waals surface area contributed by atoms with Crippen molar-refractivity contribution in [3.63, 3.8) is 0 Å². The number of rotatable bonds is 2. The van der Waals surface area contributed by atoms with Crippen molar-refractivity contribution < 1.29 is 21.7 Å². The fourth-order valence-corrected chi connectivity index (χ4v) is 2.00. The van der Waals surface area contributed by atoms with Gasteiger partial charge in [-0.05, 0) is 19.2 Å². The van der Waals surface area contributed by atoms with Gasteiger partial charge in [-0.25, -0.2) is 0 Å². The molecule has 1 aromatic heterocycles. The van der Waals surface area contributed by atoms with Crippen LogP contribution in [0.3, 0.4) is 0 Å². The third-order valence-corrected chi connectivity index (χ3v) is 3.24. The molecule has 0 aromatic carbocycles. The van der Waals surface area contributed by atoms with Gasteiger partial charge >= 0.3 is 12.4 Å². The molecule has 0 saturated carbocycles. The molecule has 0 amide bonds. The molecule has 0 aliphatic heterocycles. The van der Waals surface area contributed by atoms with E-state index in [9.17, 15) is 17.7 Å². The average Bonchev–Trinajstić information content (AvgIpc) is 2.28. The van der Waals surface area contributed by atoms with E-state index in [1.165, 1.54) is 12.3 Å². The van der Waals surface area contributed by atoms with Gasteiger partial charge in [-0.3, -0.25) is 4.98 Å². The van der Waals surface area contributed by atoms with Crippen LogP contribution in [0, 0.1) is 11.5 Å². The van der Waals surface area contributed by atoms with Gasteiger partial charge in [0.15, 0.2) is 5.26 Å². The quantitative estimate of drug-likeness (QED) is 0.473. The SMILES string of the molecule is C[C@H](c1ccc(C(F)(F)F)nc1)[N+](C#N)=S(C)[O-]. The lowest BCUT2D eigenvalue weighted by atomic mass is 10.1. The molecule has 0 spiro atoms. The van der Waals surface area contributed by atoms with Gasteiger partial charge in [0.1, 0.15) is 11.7 Å². The molecular weight excluding hydrogens is 267 g/mol. The van der Waals surface area contributed by atoms with Crippen LogP contribution >= 0.6 is 0 Å². The second kappa shape index (κ2) is 5.46. The van der Waals surface area contributed by atoms with Gasteiger partial charge < -0.3 is 4.55 Å². The lowest BCUT2D eigenvalue weighted by molar-refractivity contribution is -0.463. The fourth-order valence-electron chi connectivity index (χ4n) is 1.32. The summed E-state index contributed by atoms with van der Waals surface area (Å²) in [6.07, 6.45) is -0.419. The summed E-state index contributed by atoms with van der Waals surface area (Å²) in [4.78, 5) is 3.29. The van der Waals surface area contributed by atoms with Crippen molar-refractivity contribution in [1.82, 2.24) is 4.98 Å². The summed E-state index contributed by atoms with van der Waals surface area (Å²) in [5, 5.41) is 8.79. The van der Waals surface area contributed by atoms with Gasteiger partial charge in [-0.2, -0.15) is 17.1 Å². The summed E-state index contributed by atoms with van der Waals surface area (Å²) in [6.45, 7) is 1.56. The zero-order valence-electron chi connectivity index (χ0n) is 9.60. The Kier molecular flexibility index (Phi) is 4.43. The Morgan fingerprint density at radius 2 is 2.11 bits per heavy atom. The first kappa shape index (κ1) is 14.6. The molecule has 1 unspecified atom stereocenters. The van der Waals surface area contributed by atoms with E-state index in [1.807, 2.05) is 0 Å². The van der Waals surface area contributed by atoms with E-state index in [0.717, 1.165) is 16.2 Å². The zero-order valence-corrected chi connectivity index (χ0v) is 10.4. The van der Waals surface area contributed by atoms with E-state index >= 15 is 0 Å². The Bertz CT molecular complexity index is 501. The molecule has 0 aliphatic rings. The smallest absolute Gasteiger partial charge is 0.465 e. The number of aromatic nitrogens is 1. The summed E-state index contributed by atoms with van der Waals surface area (Å²) < 4.78 is 49.1. The highest BCUT2D eigenvalue weighted by molar-refractivity contribution is 7.78. The minimum Gasteiger partial charge on any atom is -0.772 e. The van der Waals surface area contributed by atoms with E-state index in [2.05, 4.69) is 4.98 Å². The zero-order chi connectivity index (χ0) is 13.9. The predicted molar refractivity (Wildman–Crippen MR) is 57.6 cm³/mol. The van der Waals surface area contributed by atoms with Gasteiger partial charge in [0.25, 0.3) is 0 Å². The van der Waals surface area contributed by atoms with Gasteiger partial charge in [-0.1, -0.05) is 6.07 Å². The maximum absolute atomic E-state index is 12.3. The highest BCUT2D eigenvalue weighted by atomic mass is 32.2. The van der Waals surface area contributed by atoms with Gasteiger partial charge in [0.05, 0.1) is 0 Å². The fraction of sp³-hybridized carbons (Fsp3) is 0.400. The minimum absolute atomic E-state index is 0.389. The average molecular weight is 277 g/mol. The van der Waals surface area contributed by atoms with Crippen molar-refractivity contribution in [2.45, 2.75) is 19.1 Å². The van der Waals surface area contributed by atoms with Crippen LogP contribution in [-0.4, -0.2) is 19.7 Å². The van der Waals surface area contributed by atoms with E-state index in [1.54, 1.807) is 13.1 Å². The van der Waals surface area contributed by atoms with Crippen LogP contribution in [0.4, 0.5) is 13.2 Å².